The fourth-order valence-corrected chi connectivity index (χ4v) is 2.18. The smallest absolute Gasteiger partial charge is 0.254 e. The fraction of sp³-hybridized carbons (Fsp3) is 0.538. The Morgan fingerprint density at radius 3 is 3.06 bits per heavy atom. The molecule has 0 spiro atoms. The number of amides is 2. The third kappa shape index (κ3) is 3.12. The number of hydrogen-bond acceptors (Lipinski definition) is 3. The number of nitrogens with zero attached hydrogens (tertiary/aromatic N) is 1. The summed E-state index contributed by atoms with van der Waals surface area (Å²) >= 11 is 0. The Morgan fingerprint density at radius 2 is 2.39 bits per heavy atom. The van der Waals surface area contributed by atoms with Gasteiger partial charge >= 0.3 is 0 Å². The van der Waals surface area contributed by atoms with Crippen LogP contribution >= 0.6 is 0 Å². The van der Waals surface area contributed by atoms with E-state index in [-0.39, 0.29) is 18.4 Å². The lowest BCUT2D eigenvalue weighted by Gasteiger charge is -2.30. The zero-order chi connectivity index (χ0) is 13.0. The summed E-state index contributed by atoms with van der Waals surface area (Å²) < 4.78 is 4.82. The first kappa shape index (κ1) is 12.7. The molecule has 5 nitrogen and oxygen atoms in total. The Bertz CT molecular complexity index is 414. The van der Waals surface area contributed by atoms with Gasteiger partial charge in [0.05, 0.1) is 18.4 Å². The number of carbonyl (C=O) groups is 2. The summed E-state index contributed by atoms with van der Waals surface area (Å²) in [6.07, 6.45) is 5.01. The number of nitrogens with one attached hydrogen (secondary N) is 1. The highest BCUT2D eigenvalue weighted by molar-refractivity contribution is 5.96. The normalized spacial score (nSPS) is 19.6. The second kappa shape index (κ2) is 5.71. The van der Waals surface area contributed by atoms with E-state index in [0.29, 0.717) is 11.5 Å². The molecule has 0 aliphatic carbocycles. The predicted octanol–water partition coefficient (Wildman–Crippen LogP) is 1.27. The van der Waals surface area contributed by atoms with Crippen molar-refractivity contribution in [1.29, 1.82) is 0 Å². The number of rotatable bonds is 3. The average molecular weight is 250 g/mol. The summed E-state index contributed by atoms with van der Waals surface area (Å²) in [7, 11) is 0. The van der Waals surface area contributed by atoms with Crippen LogP contribution in [0.15, 0.2) is 23.0 Å². The van der Waals surface area contributed by atoms with Gasteiger partial charge in [-0.3, -0.25) is 9.59 Å². The highest BCUT2D eigenvalue weighted by Gasteiger charge is 2.21. The molecule has 18 heavy (non-hydrogen) atoms. The van der Waals surface area contributed by atoms with Gasteiger partial charge in [0.1, 0.15) is 6.26 Å². The maximum absolute atomic E-state index is 11.9. The Labute approximate surface area is 106 Å². The largest absolute Gasteiger partial charge is 0.472 e. The molecule has 0 aromatic carbocycles. The SMILES string of the molecule is C[C@@H]1CCCN(C(=O)CNC(=O)c2ccoc2)C1. The lowest BCUT2D eigenvalue weighted by molar-refractivity contribution is -0.131. The van der Waals surface area contributed by atoms with Crippen LogP contribution in [0.25, 0.3) is 0 Å². The molecule has 1 aliphatic rings. The van der Waals surface area contributed by atoms with Crippen molar-refractivity contribution in [3.05, 3.63) is 24.2 Å². The third-order valence-electron chi connectivity index (χ3n) is 3.19. The van der Waals surface area contributed by atoms with Crippen molar-refractivity contribution in [3.8, 4) is 0 Å². The maximum atomic E-state index is 11.9. The second-order valence-electron chi connectivity index (χ2n) is 4.78. The quantitative estimate of drug-likeness (QED) is 0.878. The molecule has 0 radical (unpaired) electrons. The zero-order valence-corrected chi connectivity index (χ0v) is 10.5. The number of carbonyl (C=O) groups excluding carboxylic acids is 2. The molecule has 2 amide bonds. The van der Waals surface area contributed by atoms with E-state index in [1.807, 2.05) is 4.90 Å². The van der Waals surface area contributed by atoms with Gasteiger partial charge in [0.2, 0.25) is 5.91 Å². The van der Waals surface area contributed by atoms with E-state index in [1.54, 1.807) is 6.07 Å². The van der Waals surface area contributed by atoms with Gasteiger partial charge in [-0.25, -0.2) is 0 Å². The van der Waals surface area contributed by atoms with Crippen LogP contribution in [-0.2, 0) is 4.79 Å². The topological polar surface area (TPSA) is 62.6 Å². The Morgan fingerprint density at radius 1 is 1.56 bits per heavy atom. The molecule has 1 N–H and O–H groups in total. The van der Waals surface area contributed by atoms with E-state index < -0.39 is 0 Å². The van der Waals surface area contributed by atoms with E-state index in [9.17, 15) is 9.59 Å². The van der Waals surface area contributed by atoms with Crippen LogP contribution in [0.2, 0.25) is 0 Å². The van der Waals surface area contributed by atoms with Crippen molar-refractivity contribution < 1.29 is 14.0 Å². The van der Waals surface area contributed by atoms with Gasteiger partial charge in [-0.15, -0.1) is 0 Å². The van der Waals surface area contributed by atoms with E-state index >= 15 is 0 Å². The standard InChI is InChI=1S/C13H18N2O3/c1-10-3-2-5-15(8-10)12(16)7-14-13(17)11-4-6-18-9-11/h4,6,9-10H,2-3,5,7-8H2,1H3,(H,14,17)/t10-/m1/s1. The van der Waals surface area contributed by atoms with Crippen molar-refractivity contribution in [2.24, 2.45) is 5.92 Å². The molecule has 1 aromatic heterocycles. The number of likely N-dealkylation sites (tertiary alicyclic amines) is 1. The molecule has 1 atom stereocenters. The van der Waals surface area contributed by atoms with Crippen LogP contribution in [0, 0.1) is 5.92 Å². The van der Waals surface area contributed by atoms with Gasteiger partial charge in [0.25, 0.3) is 5.91 Å². The summed E-state index contributed by atoms with van der Waals surface area (Å²) in [5.41, 5.74) is 0.440. The molecule has 0 unspecified atom stereocenters. The maximum Gasteiger partial charge on any atom is 0.254 e. The van der Waals surface area contributed by atoms with Crippen molar-refractivity contribution in [3.63, 3.8) is 0 Å². The van der Waals surface area contributed by atoms with Gasteiger partial charge in [-0.05, 0) is 24.8 Å². The van der Waals surface area contributed by atoms with Gasteiger partial charge in [0, 0.05) is 13.1 Å². The summed E-state index contributed by atoms with van der Waals surface area (Å²) in [5, 5.41) is 2.61. The Kier molecular flexibility index (Phi) is 4.02. The van der Waals surface area contributed by atoms with Crippen LogP contribution in [0.5, 0.6) is 0 Å². The molecule has 2 rings (SSSR count). The first-order valence-corrected chi connectivity index (χ1v) is 6.25. The molecular weight excluding hydrogens is 232 g/mol. The Balaban J connectivity index is 1.79. The third-order valence-corrected chi connectivity index (χ3v) is 3.19. The van der Waals surface area contributed by atoms with Gasteiger partial charge in [0.15, 0.2) is 0 Å². The minimum atomic E-state index is -0.276. The minimum absolute atomic E-state index is 0.0154. The molecule has 1 fully saturated rings. The van der Waals surface area contributed by atoms with Crippen molar-refractivity contribution in [1.82, 2.24) is 10.2 Å². The van der Waals surface area contributed by atoms with Crippen LogP contribution in [0.3, 0.4) is 0 Å². The summed E-state index contributed by atoms with van der Waals surface area (Å²) in [6.45, 7) is 3.78. The molecule has 2 heterocycles. The lowest BCUT2D eigenvalue weighted by atomic mass is 10.0. The first-order chi connectivity index (χ1) is 8.66. The van der Waals surface area contributed by atoms with Gasteiger partial charge in [-0.1, -0.05) is 6.92 Å². The molecule has 0 saturated carbocycles. The number of hydrogen-bond donors (Lipinski definition) is 1. The molecule has 5 heteroatoms. The Hall–Kier alpha value is -1.78. The van der Waals surface area contributed by atoms with Crippen LogP contribution < -0.4 is 5.32 Å². The summed E-state index contributed by atoms with van der Waals surface area (Å²) in [5.74, 6) is 0.257. The van der Waals surface area contributed by atoms with E-state index in [2.05, 4.69) is 12.2 Å². The van der Waals surface area contributed by atoms with E-state index in [1.165, 1.54) is 18.9 Å². The zero-order valence-electron chi connectivity index (χ0n) is 10.5. The first-order valence-electron chi connectivity index (χ1n) is 6.25. The molecule has 1 aliphatic heterocycles. The molecule has 1 saturated heterocycles. The highest BCUT2D eigenvalue weighted by atomic mass is 16.3. The summed E-state index contributed by atoms with van der Waals surface area (Å²) in [6, 6.07) is 1.57. The van der Waals surface area contributed by atoms with Crippen LogP contribution in [-0.4, -0.2) is 36.3 Å². The second-order valence-corrected chi connectivity index (χ2v) is 4.78. The molecule has 1 aromatic rings. The highest BCUT2D eigenvalue weighted by Crippen LogP contribution is 2.15. The van der Waals surface area contributed by atoms with E-state index in [4.69, 9.17) is 4.42 Å². The minimum Gasteiger partial charge on any atom is -0.472 e. The van der Waals surface area contributed by atoms with Gasteiger partial charge in [-0.2, -0.15) is 0 Å². The van der Waals surface area contributed by atoms with Crippen molar-refractivity contribution >= 4 is 11.8 Å². The molecule has 0 bridgehead atoms. The average Bonchev–Trinajstić information content (AvgIpc) is 2.89. The van der Waals surface area contributed by atoms with Gasteiger partial charge < -0.3 is 14.6 Å². The van der Waals surface area contributed by atoms with Crippen LogP contribution in [0.1, 0.15) is 30.1 Å². The number of furan rings is 1. The van der Waals surface area contributed by atoms with Crippen molar-refractivity contribution in [2.45, 2.75) is 19.8 Å². The summed E-state index contributed by atoms with van der Waals surface area (Å²) in [4.78, 5) is 25.3. The lowest BCUT2D eigenvalue weighted by Crippen LogP contribution is -2.44. The molecular formula is C13H18N2O3. The number of piperidine rings is 1. The fourth-order valence-electron chi connectivity index (χ4n) is 2.18. The molecule has 98 valence electrons. The van der Waals surface area contributed by atoms with Crippen LogP contribution in [0.4, 0.5) is 0 Å². The van der Waals surface area contributed by atoms with Crippen molar-refractivity contribution in [2.75, 3.05) is 19.6 Å². The predicted molar refractivity (Wildman–Crippen MR) is 66.0 cm³/mol. The van der Waals surface area contributed by atoms with E-state index in [0.717, 1.165) is 19.5 Å². The monoisotopic (exact) mass is 250 g/mol.